The summed E-state index contributed by atoms with van der Waals surface area (Å²) in [6.07, 6.45) is 12.5. The molecule has 0 bridgehead atoms. The Morgan fingerprint density at radius 3 is 1.74 bits per heavy atom. The van der Waals surface area contributed by atoms with Gasteiger partial charge in [0.1, 0.15) is 0 Å². The second kappa shape index (κ2) is 11.1. The first-order valence-electron chi connectivity index (χ1n) is 13.4. The van der Waals surface area contributed by atoms with Crippen LogP contribution in [0.3, 0.4) is 0 Å². The van der Waals surface area contributed by atoms with E-state index in [4.69, 9.17) is 0 Å². The van der Waals surface area contributed by atoms with Gasteiger partial charge in [-0.05, 0) is 78.0 Å². The topological polar surface area (TPSA) is 0 Å². The fourth-order valence-electron chi connectivity index (χ4n) is 6.55. The van der Waals surface area contributed by atoms with Gasteiger partial charge in [-0.2, -0.15) is 0 Å². The van der Waals surface area contributed by atoms with Crippen LogP contribution in [0.25, 0.3) is 0 Å². The molecule has 0 nitrogen and oxygen atoms in total. The molecular weight excluding hydrogens is 446 g/mol. The summed E-state index contributed by atoms with van der Waals surface area (Å²) in [7, 11) is -0.515. The van der Waals surface area contributed by atoms with E-state index in [0.29, 0.717) is 0 Å². The van der Waals surface area contributed by atoms with Crippen LogP contribution in [-0.4, -0.2) is 16.5 Å². The van der Waals surface area contributed by atoms with Gasteiger partial charge in [-0.15, -0.1) is 0 Å². The summed E-state index contributed by atoms with van der Waals surface area (Å²) in [6, 6.07) is 32.6. The van der Waals surface area contributed by atoms with E-state index in [1.54, 1.807) is 21.5 Å². The molecule has 0 aromatic heterocycles. The molecule has 2 heteroatoms. The minimum absolute atomic E-state index is 0.213. The minimum Gasteiger partial charge on any atom is -0.0660 e. The van der Waals surface area contributed by atoms with Gasteiger partial charge in [0.2, 0.25) is 0 Å². The summed E-state index contributed by atoms with van der Waals surface area (Å²) < 4.78 is 0. The molecule has 0 heterocycles. The van der Waals surface area contributed by atoms with E-state index < -0.39 is 0 Å². The molecule has 3 aromatic rings. The fourth-order valence-corrected chi connectivity index (χ4v) is 13.6. The van der Waals surface area contributed by atoms with E-state index in [9.17, 15) is 0 Å². The molecule has 2 saturated carbocycles. The van der Waals surface area contributed by atoms with Gasteiger partial charge in [0.05, 0.1) is 0 Å². The lowest BCUT2D eigenvalue weighted by Crippen LogP contribution is -2.33. The van der Waals surface area contributed by atoms with Crippen molar-refractivity contribution in [2.24, 2.45) is 0 Å². The predicted octanol–water partition coefficient (Wildman–Crippen LogP) is 8.13. The summed E-state index contributed by atoms with van der Waals surface area (Å²) >= 11 is 0. The van der Waals surface area contributed by atoms with Crippen molar-refractivity contribution in [3.63, 3.8) is 0 Å². The highest BCUT2D eigenvalue weighted by Crippen LogP contribution is 2.58. The van der Waals surface area contributed by atoms with Crippen molar-refractivity contribution in [1.82, 2.24) is 0 Å². The molecule has 2 unspecified atom stereocenters. The fraction of sp³-hybridized carbons (Fsp3) is 0.438. The normalized spacial score (nSPS) is 19.4. The Balaban J connectivity index is 1.52. The molecule has 0 N–H and O–H groups in total. The first-order chi connectivity index (χ1) is 16.6. The SMILES string of the molecule is CC(C)(Cc1ccccc1P(c1ccccc1)C1CCCC1)P(c1ccccc1)C1CCCC1. The van der Waals surface area contributed by atoms with E-state index >= 15 is 0 Å². The molecular formula is C32H40P2. The Morgan fingerprint density at radius 2 is 1.12 bits per heavy atom. The van der Waals surface area contributed by atoms with Crippen LogP contribution in [0.15, 0.2) is 84.9 Å². The van der Waals surface area contributed by atoms with Crippen molar-refractivity contribution in [2.45, 2.75) is 88.1 Å². The molecule has 0 amide bonds. The highest BCUT2D eigenvalue weighted by atomic mass is 31.1. The van der Waals surface area contributed by atoms with Gasteiger partial charge in [0.25, 0.3) is 0 Å². The quantitative estimate of drug-likeness (QED) is 0.282. The van der Waals surface area contributed by atoms with Crippen LogP contribution in [0.2, 0.25) is 0 Å². The first kappa shape index (κ1) is 24.2. The van der Waals surface area contributed by atoms with Gasteiger partial charge < -0.3 is 0 Å². The highest BCUT2D eigenvalue weighted by Gasteiger charge is 2.39. The maximum atomic E-state index is 2.58. The number of benzene rings is 3. The monoisotopic (exact) mass is 486 g/mol. The van der Waals surface area contributed by atoms with Gasteiger partial charge in [-0.3, -0.25) is 0 Å². The molecule has 5 rings (SSSR count). The molecule has 0 radical (unpaired) electrons. The van der Waals surface area contributed by atoms with E-state index in [-0.39, 0.29) is 21.0 Å². The summed E-state index contributed by atoms with van der Waals surface area (Å²) in [6.45, 7) is 5.17. The van der Waals surface area contributed by atoms with E-state index in [1.807, 2.05) is 0 Å². The third kappa shape index (κ3) is 5.35. The third-order valence-electron chi connectivity index (χ3n) is 7.97. The van der Waals surface area contributed by atoms with Gasteiger partial charge >= 0.3 is 0 Å². The van der Waals surface area contributed by atoms with Crippen molar-refractivity contribution in [2.75, 3.05) is 0 Å². The Kier molecular flexibility index (Phi) is 7.88. The van der Waals surface area contributed by atoms with Gasteiger partial charge in [-0.1, -0.05) is 132 Å². The lowest BCUT2D eigenvalue weighted by atomic mass is 10.0. The zero-order valence-corrected chi connectivity index (χ0v) is 22.8. The number of hydrogen-bond donors (Lipinski definition) is 0. The molecule has 0 saturated heterocycles. The van der Waals surface area contributed by atoms with Crippen LogP contribution >= 0.6 is 15.8 Å². The summed E-state index contributed by atoms with van der Waals surface area (Å²) in [5.74, 6) is 0. The summed E-state index contributed by atoms with van der Waals surface area (Å²) in [4.78, 5) is 0. The molecule has 34 heavy (non-hydrogen) atoms. The summed E-state index contributed by atoms with van der Waals surface area (Å²) in [5, 5.41) is 5.15. The highest BCUT2D eigenvalue weighted by molar-refractivity contribution is 7.73. The second-order valence-electron chi connectivity index (χ2n) is 10.9. The molecule has 2 aliphatic carbocycles. The maximum Gasteiger partial charge on any atom is -0.00678 e. The van der Waals surface area contributed by atoms with Crippen molar-refractivity contribution in [1.29, 1.82) is 0 Å². The van der Waals surface area contributed by atoms with Gasteiger partial charge in [-0.25, -0.2) is 0 Å². The lowest BCUT2D eigenvalue weighted by Gasteiger charge is -2.40. The van der Waals surface area contributed by atoms with Crippen LogP contribution in [0.5, 0.6) is 0 Å². The van der Waals surface area contributed by atoms with Crippen LogP contribution in [0.4, 0.5) is 0 Å². The first-order valence-corrected chi connectivity index (χ1v) is 16.2. The van der Waals surface area contributed by atoms with Crippen LogP contribution < -0.4 is 15.9 Å². The average molecular weight is 487 g/mol. The Labute approximate surface area is 210 Å². The van der Waals surface area contributed by atoms with Crippen molar-refractivity contribution < 1.29 is 0 Å². The smallest absolute Gasteiger partial charge is 0.00678 e. The number of hydrogen-bond acceptors (Lipinski definition) is 0. The van der Waals surface area contributed by atoms with Crippen molar-refractivity contribution >= 4 is 31.8 Å². The zero-order chi connectivity index (χ0) is 23.4. The zero-order valence-electron chi connectivity index (χ0n) is 21.0. The second-order valence-corrected chi connectivity index (χ2v) is 16.6. The molecule has 0 aliphatic heterocycles. The van der Waals surface area contributed by atoms with Crippen molar-refractivity contribution in [3.8, 4) is 0 Å². The maximum absolute atomic E-state index is 2.58. The minimum atomic E-state index is -0.302. The van der Waals surface area contributed by atoms with Gasteiger partial charge in [0.15, 0.2) is 0 Å². The lowest BCUT2D eigenvalue weighted by molar-refractivity contribution is 0.682. The van der Waals surface area contributed by atoms with E-state index in [1.165, 1.54) is 57.8 Å². The van der Waals surface area contributed by atoms with Crippen molar-refractivity contribution in [3.05, 3.63) is 90.5 Å². The Hall–Kier alpha value is -1.48. The Bertz CT molecular complexity index is 1030. The molecule has 2 atom stereocenters. The Morgan fingerprint density at radius 1 is 0.618 bits per heavy atom. The standard InChI is InChI=1S/C32H40P2/c1-32(2,34(30-22-12-13-23-30)29-20-7-4-8-21-29)25-26-15-9-14-24-31(26)33(28-18-10-11-19-28)27-16-5-3-6-17-27/h3-9,14-17,20-21,24,28,30H,10-13,18-19,22-23,25H2,1-2H3. The van der Waals surface area contributed by atoms with E-state index in [0.717, 1.165) is 11.3 Å². The van der Waals surface area contributed by atoms with Crippen LogP contribution in [0, 0.1) is 0 Å². The van der Waals surface area contributed by atoms with Crippen LogP contribution in [-0.2, 0) is 6.42 Å². The molecule has 2 aliphatic rings. The molecule has 2 fully saturated rings. The average Bonchev–Trinajstić information content (AvgIpc) is 3.57. The largest absolute Gasteiger partial charge is 0.0660 e. The predicted molar refractivity (Wildman–Crippen MR) is 154 cm³/mol. The number of rotatable bonds is 8. The van der Waals surface area contributed by atoms with Gasteiger partial charge in [0, 0.05) is 0 Å². The molecule has 178 valence electrons. The van der Waals surface area contributed by atoms with E-state index in [2.05, 4.69) is 98.8 Å². The molecule has 3 aromatic carbocycles. The molecule has 0 spiro atoms. The van der Waals surface area contributed by atoms with Crippen LogP contribution in [0.1, 0.15) is 70.8 Å². The summed E-state index contributed by atoms with van der Waals surface area (Å²) in [5.41, 5.74) is 3.34. The third-order valence-corrected chi connectivity index (χ3v) is 14.6.